The minimum Gasteiger partial charge on any atom is -0.376 e. The van der Waals surface area contributed by atoms with Crippen LogP contribution in [0, 0.1) is 0 Å². The van der Waals surface area contributed by atoms with Crippen molar-refractivity contribution in [3.63, 3.8) is 0 Å². The maximum Gasteiger partial charge on any atom is 0.246 e. The lowest BCUT2D eigenvalue weighted by Crippen LogP contribution is -2.41. The molecule has 0 aromatic heterocycles. The predicted octanol–water partition coefficient (Wildman–Crippen LogP) is 1.92. The summed E-state index contributed by atoms with van der Waals surface area (Å²) in [5.74, 6) is 0.517. The van der Waals surface area contributed by atoms with Crippen molar-refractivity contribution in [2.75, 3.05) is 31.6 Å². The van der Waals surface area contributed by atoms with Gasteiger partial charge >= 0.3 is 0 Å². The molecule has 1 aromatic carbocycles. The molecule has 6 nitrogen and oxygen atoms in total. The second-order valence-corrected chi connectivity index (χ2v) is 5.81. The van der Waals surface area contributed by atoms with E-state index in [1.165, 1.54) is 5.56 Å². The number of benzene rings is 1. The summed E-state index contributed by atoms with van der Waals surface area (Å²) in [4.78, 5) is 16.4. The van der Waals surface area contributed by atoms with Crippen LogP contribution in [-0.4, -0.2) is 44.2 Å². The van der Waals surface area contributed by atoms with Crippen molar-refractivity contribution in [2.24, 2.45) is 4.99 Å². The summed E-state index contributed by atoms with van der Waals surface area (Å²) in [6.07, 6.45) is 3.36. The quantitative estimate of drug-likeness (QED) is 0.527. The summed E-state index contributed by atoms with van der Waals surface area (Å²) in [6, 6.07) is 7.88. The number of guanidine groups is 1. The summed E-state index contributed by atoms with van der Waals surface area (Å²) in [7, 11) is 0. The Morgan fingerprint density at radius 2 is 2.21 bits per heavy atom. The fraction of sp³-hybridized carbons (Fsp3) is 0.556. The lowest BCUT2D eigenvalue weighted by molar-refractivity contribution is -0.114. The first kappa shape index (κ1) is 18.3. The van der Waals surface area contributed by atoms with E-state index in [-0.39, 0.29) is 18.6 Å². The number of rotatable bonds is 7. The monoisotopic (exact) mass is 332 g/mol. The second-order valence-electron chi connectivity index (χ2n) is 5.81. The van der Waals surface area contributed by atoms with E-state index < -0.39 is 0 Å². The van der Waals surface area contributed by atoms with E-state index in [0.717, 1.165) is 38.1 Å². The largest absolute Gasteiger partial charge is 0.376 e. The van der Waals surface area contributed by atoms with Crippen molar-refractivity contribution in [1.29, 1.82) is 0 Å². The third kappa shape index (κ3) is 6.20. The number of hydrogen-bond acceptors (Lipinski definition) is 3. The van der Waals surface area contributed by atoms with Crippen LogP contribution in [-0.2, 0) is 16.0 Å². The van der Waals surface area contributed by atoms with Crippen molar-refractivity contribution in [1.82, 2.24) is 10.6 Å². The molecule has 0 aliphatic carbocycles. The molecule has 0 bridgehead atoms. The molecule has 1 atom stereocenters. The van der Waals surface area contributed by atoms with E-state index in [2.05, 4.69) is 27.9 Å². The van der Waals surface area contributed by atoms with Gasteiger partial charge in [-0.2, -0.15) is 0 Å². The number of carbonyl (C=O) groups is 1. The van der Waals surface area contributed by atoms with Crippen molar-refractivity contribution in [2.45, 2.75) is 39.2 Å². The number of anilines is 1. The van der Waals surface area contributed by atoms with Gasteiger partial charge in [0.05, 0.1) is 6.10 Å². The highest BCUT2D eigenvalue weighted by Gasteiger charge is 2.15. The van der Waals surface area contributed by atoms with Crippen molar-refractivity contribution >= 4 is 17.6 Å². The molecule has 6 heteroatoms. The van der Waals surface area contributed by atoms with Gasteiger partial charge in [-0.1, -0.05) is 19.1 Å². The lowest BCUT2D eigenvalue weighted by Gasteiger charge is -2.14. The maximum atomic E-state index is 12.1. The SMILES string of the molecule is CCNC(=NCC(=O)Nc1cccc(CC)c1)NCC1CCCO1. The Kier molecular flexibility index (Phi) is 7.55. The van der Waals surface area contributed by atoms with Gasteiger partial charge in [-0.25, -0.2) is 4.99 Å². The Labute approximate surface area is 144 Å². The number of ether oxygens (including phenoxy) is 1. The number of carbonyl (C=O) groups excluding carboxylic acids is 1. The Hall–Kier alpha value is -2.08. The molecule has 1 saturated heterocycles. The van der Waals surface area contributed by atoms with Gasteiger partial charge in [0.25, 0.3) is 0 Å². The normalized spacial score (nSPS) is 17.6. The molecule has 1 aliphatic rings. The summed E-state index contributed by atoms with van der Waals surface area (Å²) in [5, 5.41) is 9.27. The highest BCUT2D eigenvalue weighted by molar-refractivity contribution is 5.94. The molecule has 1 unspecified atom stereocenters. The molecular weight excluding hydrogens is 304 g/mol. The zero-order chi connectivity index (χ0) is 17.2. The average Bonchev–Trinajstić information content (AvgIpc) is 3.11. The highest BCUT2D eigenvalue weighted by atomic mass is 16.5. The van der Waals surface area contributed by atoms with Crippen LogP contribution in [0.3, 0.4) is 0 Å². The molecule has 132 valence electrons. The van der Waals surface area contributed by atoms with Crippen LogP contribution in [0.1, 0.15) is 32.3 Å². The van der Waals surface area contributed by atoms with E-state index in [1.54, 1.807) is 0 Å². The molecule has 1 aromatic rings. The van der Waals surface area contributed by atoms with Gasteiger partial charge in [-0.15, -0.1) is 0 Å². The van der Waals surface area contributed by atoms with E-state index in [4.69, 9.17) is 4.74 Å². The van der Waals surface area contributed by atoms with Gasteiger partial charge in [0.15, 0.2) is 5.96 Å². The van der Waals surface area contributed by atoms with Crippen LogP contribution in [0.15, 0.2) is 29.3 Å². The van der Waals surface area contributed by atoms with Crippen LogP contribution >= 0.6 is 0 Å². The van der Waals surface area contributed by atoms with E-state index in [0.29, 0.717) is 12.5 Å². The lowest BCUT2D eigenvalue weighted by atomic mass is 10.1. The van der Waals surface area contributed by atoms with Crippen LogP contribution in [0.5, 0.6) is 0 Å². The highest BCUT2D eigenvalue weighted by Crippen LogP contribution is 2.11. The molecule has 0 spiro atoms. The molecule has 1 heterocycles. The number of amides is 1. The van der Waals surface area contributed by atoms with Crippen molar-refractivity contribution in [3.05, 3.63) is 29.8 Å². The molecule has 0 saturated carbocycles. The standard InChI is InChI=1S/C18H28N4O2/c1-3-14-7-5-8-15(11-14)22-17(23)13-21-18(19-4-2)20-12-16-9-6-10-24-16/h5,7-8,11,16H,3-4,6,9-10,12-13H2,1-2H3,(H,22,23)(H2,19,20,21). The van der Waals surface area contributed by atoms with Gasteiger partial charge in [0, 0.05) is 25.4 Å². The van der Waals surface area contributed by atoms with Crippen LogP contribution in [0.25, 0.3) is 0 Å². The number of aryl methyl sites for hydroxylation is 1. The molecule has 24 heavy (non-hydrogen) atoms. The minimum absolute atomic E-state index is 0.0806. The first-order valence-electron chi connectivity index (χ1n) is 8.73. The Morgan fingerprint density at radius 3 is 2.92 bits per heavy atom. The summed E-state index contributed by atoms with van der Waals surface area (Å²) in [6.45, 7) is 6.47. The second kappa shape index (κ2) is 9.93. The van der Waals surface area contributed by atoms with Gasteiger partial charge in [0.1, 0.15) is 6.54 Å². The smallest absolute Gasteiger partial charge is 0.246 e. The van der Waals surface area contributed by atoms with Crippen LogP contribution in [0.2, 0.25) is 0 Å². The van der Waals surface area contributed by atoms with Crippen molar-refractivity contribution in [3.8, 4) is 0 Å². The third-order valence-corrected chi connectivity index (χ3v) is 3.87. The first-order chi connectivity index (χ1) is 11.7. The molecule has 3 N–H and O–H groups in total. The molecular formula is C18H28N4O2. The van der Waals surface area contributed by atoms with Gasteiger partial charge < -0.3 is 20.7 Å². The average molecular weight is 332 g/mol. The summed E-state index contributed by atoms with van der Waals surface area (Å²) >= 11 is 0. The maximum absolute atomic E-state index is 12.1. The first-order valence-corrected chi connectivity index (χ1v) is 8.73. The van der Waals surface area contributed by atoms with Crippen LogP contribution in [0.4, 0.5) is 5.69 Å². The van der Waals surface area contributed by atoms with Gasteiger partial charge in [-0.3, -0.25) is 4.79 Å². The van der Waals surface area contributed by atoms with Crippen LogP contribution < -0.4 is 16.0 Å². The Bertz CT molecular complexity index is 554. The summed E-state index contributed by atoms with van der Waals surface area (Å²) in [5.41, 5.74) is 2.01. The molecule has 1 amide bonds. The molecule has 2 rings (SSSR count). The predicted molar refractivity (Wildman–Crippen MR) is 97.4 cm³/mol. The van der Waals surface area contributed by atoms with Gasteiger partial charge in [0.2, 0.25) is 5.91 Å². The number of nitrogens with zero attached hydrogens (tertiary/aromatic N) is 1. The topological polar surface area (TPSA) is 74.8 Å². The van der Waals surface area contributed by atoms with E-state index in [9.17, 15) is 4.79 Å². The number of nitrogens with one attached hydrogen (secondary N) is 3. The molecule has 1 aliphatic heterocycles. The van der Waals surface area contributed by atoms with E-state index >= 15 is 0 Å². The Morgan fingerprint density at radius 1 is 1.33 bits per heavy atom. The minimum atomic E-state index is -0.127. The molecule has 0 radical (unpaired) electrons. The van der Waals surface area contributed by atoms with E-state index in [1.807, 2.05) is 31.2 Å². The van der Waals surface area contributed by atoms with Crippen molar-refractivity contribution < 1.29 is 9.53 Å². The fourth-order valence-electron chi connectivity index (χ4n) is 2.58. The Balaban J connectivity index is 1.83. The third-order valence-electron chi connectivity index (χ3n) is 3.87. The summed E-state index contributed by atoms with van der Waals surface area (Å²) < 4.78 is 5.58. The zero-order valence-corrected chi connectivity index (χ0v) is 14.6. The number of hydrogen-bond donors (Lipinski definition) is 3. The van der Waals surface area contributed by atoms with Gasteiger partial charge in [-0.05, 0) is 43.9 Å². The number of aliphatic imine (C=N–C) groups is 1. The fourth-order valence-corrected chi connectivity index (χ4v) is 2.58. The zero-order valence-electron chi connectivity index (χ0n) is 14.6. The molecule has 1 fully saturated rings.